The van der Waals surface area contributed by atoms with Crippen molar-refractivity contribution in [3.8, 4) is 5.69 Å². The predicted octanol–water partition coefficient (Wildman–Crippen LogP) is 2.62. The number of carbonyl (C=O) groups is 1. The lowest BCUT2D eigenvalue weighted by molar-refractivity contribution is 0.0743. The summed E-state index contributed by atoms with van der Waals surface area (Å²) in [6.45, 7) is 3.17. The molecule has 2 aliphatic rings. The normalized spacial score (nSPS) is 15.2. The first-order chi connectivity index (χ1) is 12.7. The molecule has 1 amide bonds. The molecule has 1 aliphatic carbocycles. The van der Waals surface area contributed by atoms with Crippen molar-refractivity contribution in [1.29, 1.82) is 0 Å². The number of aryl methyl sites for hydroxylation is 1. The zero-order chi connectivity index (χ0) is 17.7. The van der Waals surface area contributed by atoms with Gasteiger partial charge in [-0.3, -0.25) is 4.79 Å². The molecule has 0 saturated heterocycles. The van der Waals surface area contributed by atoms with E-state index >= 15 is 0 Å². The highest BCUT2D eigenvalue weighted by molar-refractivity contribution is 5.94. The first-order valence-corrected chi connectivity index (χ1v) is 8.96. The molecular formula is C20H19N5O. The monoisotopic (exact) mass is 345 g/mol. The van der Waals surface area contributed by atoms with Gasteiger partial charge in [0, 0.05) is 29.6 Å². The maximum Gasteiger partial charge on any atom is 0.275 e. The van der Waals surface area contributed by atoms with E-state index in [9.17, 15) is 4.79 Å². The first-order valence-electron chi connectivity index (χ1n) is 8.96. The molecule has 1 aliphatic heterocycles. The molecule has 6 nitrogen and oxygen atoms in total. The number of hydrogen-bond donors (Lipinski definition) is 0. The van der Waals surface area contributed by atoms with E-state index in [4.69, 9.17) is 5.10 Å². The topological polar surface area (TPSA) is 63.9 Å². The van der Waals surface area contributed by atoms with Crippen LogP contribution in [-0.2, 0) is 25.9 Å². The third-order valence-electron chi connectivity index (χ3n) is 5.35. The number of fused-ring (bicyclic) bond motifs is 2. The zero-order valence-electron chi connectivity index (χ0n) is 14.6. The number of aromatic nitrogens is 4. The molecule has 0 fully saturated rings. The molecule has 3 aromatic rings. The number of benzene rings is 1. The third-order valence-corrected chi connectivity index (χ3v) is 5.35. The Hall–Kier alpha value is -3.02. The Morgan fingerprint density at radius 3 is 2.88 bits per heavy atom. The van der Waals surface area contributed by atoms with Crippen molar-refractivity contribution in [2.75, 3.05) is 0 Å². The van der Waals surface area contributed by atoms with Gasteiger partial charge in [0.15, 0.2) is 5.69 Å². The Morgan fingerprint density at radius 1 is 1.15 bits per heavy atom. The number of amides is 1. The minimum atomic E-state index is -0.00603. The molecule has 130 valence electrons. The highest BCUT2D eigenvalue weighted by Gasteiger charge is 2.32. The Kier molecular flexibility index (Phi) is 3.38. The molecule has 0 radical (unpaired) electrons. The van der Waals surface area contributed by atoms with E-state index in [0.717, 1.165) is 47.3 Å². The van der Waals surface area contributed by atoms with Crippen molar-refractivity contribution in [3.05, 3.63) is 70.6 Å². The third kappa shape index (κ3) is 2.25. The molecule has 0 saturated carbocycles. The van der Waals surface area contributed by atoms with Gasteiger partial charge in [-0.1, -0.05) is 18.2 Å². The summed E-state index contributed by atoms with van der Waals surface area (Å²) >= 11 is 0. The SMILES string of the molecule is Cc1ccccc1-n1nc(C(=O)N2Cc3cncnc3C2)c2c1CCC2. The van der Waals surface area contributed by atoms with E-state index in [1.807, 2.05) is 21.7 Å². The maximum absolute atomic E-state index is 13.2. The van der Waals surface area contributed by atoms with Crippen LogP contribution >= 0.6 is 0 Å². The van der Waals surface area contributed by atoms with E-state index in [-0.39, 0.29) is 5.91 Å². The molecule has 5 rings (SSSR count). The minimum absolute atomic E-state index is 0.00603. The number of rotatable bonds is 2. The smallest absolute Gasteiger partial charge is 0.275 e. The van der Waals surface area contributed by atoms with Gasteiger partial charge in [0.05, 0.1) is 17.9 Å². The molecule has 2 aromatic heterocycles. The summed E-state index contributed by atoms with van der Waals surface area (Å²) in [7, 11) is 0. The van der Waals surface area contributed by atoms with E-state index in [1.54, 1.807) is 6.20 Å². The summed E-state index contributed by atoms with van der Waals surface area (Å²) in [5, 5.41) is 4.76. The molecule has 0 atom stereocenters. The van der Waals surface area contributed by atoms with Gasteiger partial charge in [-0.25, -0.2) is 14.6 Å². The Labute approximate surface area is 151 Å². The highest BCUT2D eigenvalue weighted by Crippen LogP contribution is 2.31. The lowest BCUT2D eigenvalue weighted by atomic mass is 10.1. The lowest BCUT2D eigenvalue weighted by Crippen LogP contribution is -2.26. The second-order valence-corrected chi connectivity index (χ2v) is 6.98. The van der Waals surface area contributed by atoms with Gasteiger partial charge in [0.25, 0.3) is 5.91 Å². The van der Waals surface area contributed by atoms with Crippen LogP contribution in [0.2, 0.25) is 0 Å². The van der Waals surface area contributed by atoms with Crippen LogP contribution in [-0.4, -0.2) is 30.6 Å². The van der Waals surface area contributed by atoms with Crippen LogP contribution in [0, 0.1) is 6.92 Å². The highest BCUT2D eigenvalue weighted by atomic mass is 16.2. The zero-order valence-corrected chi connectivity index (χ0v) is 14.6. The standard InChI is InChI=1S/C20H19N5O/c1-13-5-2-3-7-17(13)25-18-8-4-6-15(18)19(23-25)20(26)24-10-14-9-21-12-22-16(14)11-24/h2-3,5,7,9,12H,4,6,8,10-11H2,1H3. The molecular weight excluding hydrogens is 326 g/mol. The van der Waals surface area contributed by atoms with Gasteiger partial charge in [0.1, 0.15) is 6.33 Å². The molecule has 0 bridgehead atoms. The Balaban J connectivity index is 1.54. The van der Waals surface area contributed by atoms with Gasteiger partial charge in [0.2, 0.25) is 0 Å². The molecule has 0 unspecified atom stereocenters. The van der Waals surface area contributed by atoms with Crippen LogP contribution < -0.4 is 0 Å². The van der Waals surface area contributed by atoms with Crippen LogP contribution in [0.3, 0.4) is 0 Å². The van der Waals surface area contributed by atoms with Crippen molar-refractivity contribution in [2.45, 2.75) is 39.3 Å². The van der Waals surface area contributed by atoms with Crippen molar-refractivity contribution in [1.82, 2.24) is 24.6 Å². The van der Waals surface area contributed by atoms with E-state index in [1.165, 1.54) is 12.0 Å². The fourth-order valence-corrected chi connectivity index (χ4v) is 4.00. The number of nitrogens with zero attached hydrogens (tertiary/aromatic N) is 5. The van der Waals surface area contributed by atoms with Gasteiger partial charge >= 0.3 is 0 Å². The average molecular weight is 345 g/mol. The first kappa shape index (κ1) is 15.3. The average Bonchev–Trinajstić information content (AvgIpc) is 3.36. The van der Waals surface area contributed by atoms with Crippen LogP contribution in [0.5, 0.6) is 0 Å². The summed E-state index contributed by atoms with van der Waals surface area (Å²) in [6.07, 6.45) is 6.30. The predicted molar refractivity (Wildman–Crippen MR) is 95.9 cm³/mol. The van der Waals surface area contributed by atoms with Gasteiger partial charge in [-0.2, -0.15) is 5.10 Å². The minimum Gasteiger partial charge on any atom is -0.327 e. The second-order valence-electron chi connectivity index (χ2n) is 6.98. The van der Waals surface area contributed by atoms with Gasteiger partial charge in [-0.05, 0) is 37.8 Å². The molecule has 0 N–H and O–H groups in total. The summed E-state index contributed by atoms with van der Waals surface area (Å²) in [5.41, 5.74) is 7.06. The van der Waals surface area contributed by atoms with Crippen molar-refractivity contribution < 1.29 is 4.79 Å². The molecule has 1 aromatic carbocycles. The summed E-state index contributed by atoms with van der Waals surface area (Å²) in [6, 6.07) is 8.19. The quantitative estimate of drug-likeness (QED) is 0.716. The molecule has 6 heteroatoms. The fourth-order valence-electron chi connectivity index (χ4n) is 4.00. The van der Waals surface area contributed by atoms with Crippen LogP contribution in [0.4, 0.5) is 0 Å². The largest absolute Gasteiger partial charge is 0.327 e. The van der Waals surface area contributed by atoms with Crippen LogP contribution in [0.25, 0.3) is 5.69 Å². The summed E-state index contributed by atoms with van der Waals surface area (Å²) < 4.78 is 1.98. The lowest BCUT2D eigenvalue weighted by Gasteiger charge is -2.14. The Morgan fingerprint density at radius 2 is 2.04 bits per heavy atom. The van der Waals surface area contributed by atoms with Gasteiger partial charge < -0.3 is 4.90 Å². The van der Waals surface area contributed by atoms with E-state index in [0.29, 0.717) is 18.8 Å². The molecule has 0 spiro atoms. The summed E-state index contributed by atoms with van der Waals surface area (Å²) in [4.78, 5) is 23.4. The van der Waals surface area contributed by atoms with Crippen LogP contribution in [0.1, 0.15) is 45.0 Å². The number of carbonyl (C=O) groups excluding carboxylic acids is 1. The van der Waals surface area contributed by atoms with Gasteiger partial charge in [-0.15, -0.1) is 0 Å². The van der Waals surface area contributed by atoms with Crippen LogP contribution in [0.15, 0.2) is 36.8 Å². The summed E-state index contributed by atoms with van der Waals surface area (Å²) in [5.74, 6) is -0.00603. The van der Waals surface area contributed by atoms with E-state index in [2.05, 4.69) is 29.0 Å². The Bertz CT molecular complexity index is 998. The van der Waals surface area contributed by atoms with Crippen molar-refractivity contribution in [3.63, 3.8) is 0 Å². The molecule has 3 heterocycles. The maximum atomic E-state index is 13.2. The number of para-hydroxylation sites is 1. The number of hydrogen-bond acceptors (Lipinski definition) is 4. The molecule has 26 heavy (non-hydrogen) atoms. The fraction of sp³-hybridized carbons (Fsp3) is 0.300. The second kappa shape index (κ2) is 5.76. The van der Waals surface area contributed by atoms with E-state index < -0.39 is 0 Å². The van der Waals surface area contributed by atoms with Crippen molar-refractivity contribution in [2.24, 2.45) is 0 Å². The van der Waals surface area contributed by atoms with Crippen molar-refractivity contribution >= 4 is 5.91 Å².